The Kier molecular flexibility index (Phi) is 3.65. The molecule has 2 rings (SSSR count). The third-order valence-corrected chi connectivity index (χ3v) is 3.15. The number of ether oxygens (including phenoxy) is 1. The Morgan fingerprint density at radius 2 is 1.82 bits per heavy atom. The fourth-order valence-corrected chi connectivity index (χ4v) is 2.46. The SMILES string of the molecule is CC(C)(C)OC(=O)N1Cc2nnc(C(F)(F)F)n2C(C)(C)C1. The predicted molar refractivity (Wildman–Crippen MR) is 71.0 cm³/mol. The van der Waals surface area contributed by atoms with E-state index in [0.29, 0.717) is 0 Å². The van der Waals surface area contributed by atoms with Crippen LogP contribution >= 0.6 is 0 Å². The quantitative estimate of drug-likeness (QED) is 0.737. The highest BCUT2D eigenvalue weighted by molar-refractivity contribution is 5.68. The zero-order valence-corrected chi connectivity index (χ0v) is 13.2. The second-order valence-electron chi connectivity index (χ2n) is 6.92. The first-order chi connectivity index (χ1) is 9.81. The minimum Gasteiger partial charge on any atom is -0.444 e. The van der Waals surface area contributed by atoms with E-state index in [0.717, 1.165) is 4.57 Å². The van der Waals surface area contributed by atoms with Crippen LogP contribution in [-0.2, 0) is 23.0 Å². The van der Waals surface area contributed by atoms with Gasteiger partial charge in [-0.05, 0) is 34.6 Å². The van der Waals surface area contributed by atoms with Gasteiger partial charge in [-0.1, -0.05) is 0 Å². The molecule has 22 heavy (non-hydrogen) atoms. The summed E-state index contributed by atoms with van der Waals surface area (Å²) >= 11 is 0. The number of aromatic nitrogens is 3. The van der Waals surface area contributed by atoms with Gasteiger partial charge in [0.2, 0.25) is 5.82 Å². The first-order valence-corrected chi connectivity index (χ1v) is 6.81. The van der Waals surface area contributed by atoms with Gasteiger partial charge in [0.15, 0.2) is 5.82 Å². The molecule has 9 heteroatoms. The lowest BCUT2D eigenvalue weighted by molar-refractivity contribution is -0.150. The Morgan fingerprint density at radius 3 is 2.32 bits per heavy atom. The van der Waals surface area contributed by atoms with Gasteiger partial charge in [0.05, 0.1) is 12.1 Å². The Hall–Kier alpha value is -1.80. The molecule has 0 radical (unpaired) electrons. The fraction of sp³-hybridized carbons (Fsp3) is 0.769. The summed E-state index contributed by atoms with van der Waals surface area (Å²) in [6, 6.07) is 0. The average Bonchev–Trinajstić information content (AvgIpc) is 2.69. The minimum atomic E-state index is -4.59. The maximum Gasteiger partial charge on any atom is 0.451 e. The van der Waals surface area contributed by atoms with Gasteiger partial charge in [0.1, 0.15) is 5.60 Å². The van der Waals surface area contributed by atoms with E-state index in [1.54, 1.807) is 34.6 Å². The summed E-state index contributed by atoms with van der Waals surface area (Å²) in [6.45, 7) is 8.40. The molecule has 0 atom stereocenters. The van der Waals surface area contributed by atoms with E-state index < -0.39 is 29.2 Å². The summed E-state index contributed by atoms with van der Waals surface area (Å²) in [5.41, 5.74) is -1.66. The van der Waals surface area contributed by atoms with Crippen LogP contribution in [0.3, 0.4) is 0 Å². The molecule has 1 aromatic rings. The van der Waals surface area contributed by atoms with Crippen LogP contribution in [0.25, 0.3) is 0 Å². The van der Waals surface area contributed by atoms with Crippen LogP contribution in [0.5, 0.6) is 0 Å². The zero-order valence-electron chi connectivity index (χ0n) is 13.2. The summed E-state index contributed by atoms with van der Waals surface area (Å²) in [7, 11) is 0. The molecule has 0 N–H and O–H groups in total. The number of alkyl halides is 3. The van der Waals surface area contributed by atoms with Crippen LogP contribution < -0.4 is 0 Å². The summed E-state index contributed by atoms with van der Waals surface area (Å²) < 4.78 is 45.3. The number of hydrogen-bond donors (Lipinski definition) is 0. The van der Waals surface area contributed by atoms with Crippen molar-refractivity contribution in [1.29, 1.82) is 0 Å². The monoisotopic (exact) mass is 320 g/mol. The van der Waals surface area contributed by atoms with E-state index in [2.05, 4.69) is 10.2 Å². The molecule has 1 aliphatic heterocycles. The van der Waals surface area contributed by atoms with E-state index in [9.17, 15) is 18.0 Å². The van der Waals surface area contributed by atoms with Crippen molar-refractivity contribution >= 4 is 6.09 Å². The molecule has 6 nitrogen and oxygen atoms in total. The van der Waals surface area contributed by atoms with Gasteiger partial charge in [0.25, 0.3) is 0 Å². The van der Waals surface area contributed by atoms with Gasteiger partial charge >= 0.3 is 12.3 Å². The summed E-state index contributed by atoms with van der Waals surface area (Å²) in [6.07, 6.45) is -5.17. The highest BCUT2D eigenvalue weighted by Crippen LogP contribution is 2.35. The lowest BCUT2D eigenvalue weighted by atomic mass is 10.0. The zero-order chi connectivity index (χ0) is 16.9. The van der Waals surface area contributed by atoms with Gasteiger partial charge < -0.3 is 4.74 Å². The number of hydrogen-bond acceptors (Lipinski definition) is 4. The van der Waals surface area contributed by atoms with E-state index in [-0.39, 0.29) is 18.9 Å². The number of rotatable bonds is 0. The Bertz CT molecular complexity index is 587. The number of carbonyl (C=O) groups excluding carboxylic acids is 1. The number of carbonyl (C=O) groups is 1. The van der Waals surface area contributed by atoms with Crippen molar-refractivity contribution in [1.82, 2.24) is 19.7 Å². The predicted octanol–water partition coefficient (Wildman–Crippen LogP) is 2.78. The van der Waals surface area contributed by atoms with Crippen molar-refractivity contribution < 1.29 is 22.7 Å². The van der Waals surface area contributed by atoms with Crippen LogP contribution in [0.15, 0.2) is 0 Å². The first-order valence-electron chi connectivity index (χ1n) is 6.81. The smallest absolute Gasteiger partial charge is 0.444 e. The van der Waals surface area contributed by atoms with Gasteiger partial charge in [0, 0.05) is 6.54 Å². The van der Waals surface area contributed by atoms with Crippen LogP contribution in [0, 0.1) is 0 Å². The van der Waals surface area contributed by atoms with Crippen LogP contribution in [0.1, 0.15) is 46.3 Å². The average molecular weight is 320 g/mol. The van der Waals surface area contributed by atoms with Gasteiger partial charge in [-0.2, -0.15) is 13.2 Å². The minimum absolute atomic E-state index is 0.0680. The second-order valence-corrected chi connectivity index (χ2v) is 6.92. The summed E-state index contributed by atoms with van der Waals surface area (Å²) in [4.78, 5) is 13.5. The number of amides is 1. The molecule has 124 valence electrons. The summed E-state index contributed by atoms with van der Waals surface area (Å²) in [5.74, 6) is -0.953. The summed E-state index contributed by atoms with van der Waals surface area (Å²) in [5, 5.41) is 6.83. The van der Waals surface area contributed by atoms with Crippen molar-refractivity contribution in [3.8, 4) is 0 Å². The van der Waals surface area contributed by atoms with E-state index in [4.69, 9.17) is 4.74 Å². The molecule has 0 saturated heterocycles. The molecule has 0 bridgehead atoms. The van der Waals surface area contributed by atoms with Gasteiger partial charge in [-0.15, -0.1) is 10.2 Å². The molecule has 2 heterocycles. The Morgan fingerprint density at radius 1 is 1.23 bits per heavy atom. The molecular weight excluding hydrogens is 301 g/mol. The lowest BCUT2D eigenvalue weighted by Gasteiger charge is -2.40. The molecule has 0 aromatic carbocycles. The van der Waals surface area contributed by atoms with Crippen molar-refractivity contribution in [2.45, 2.75) is 58.5 Å². The molecule has 1 aromatic heterocycles. The fourth-order valence-electron chi connectivity index (χ4n) is 2.46. The third kappa shape index (κ3) is 3.17. The molecule has 0 spiro atoms. The van der Waals surface area contributed by atoms with Gasteiger partial charge in [-0.3, -0.25) is 9.47 Å². The Labute approximate surface area is 126 Å². The van der Waals surface area contributed by atoms with Gasteiger partial charge in [-0.25, -0.2) is 4.79 Å². The van der Waals surface area contributed by atoms with Crippen molar-refractivity contribution in [3.05, 3.63) is 11.6 Å². The second kappa shape index (κ2) is 4.85. The number of nitrogens with zero attached hydrogens (tertiary/aromatic N) is 4. The maximum atomic E-state index is 13.0. The van der Waals surface area contributed by atoms with Crippen molar-refractivity contribution in [3.63, 3.8) is 0 Å². The van der Waals surface area contributed by atoms with Crippen LogP contribution in [0.2, 0.25) is 0 Å². The number of halogens is 3. The molecule has 0 saturated carbocycles. The largest absolute Gasteiger partial charge is 0.451 e. The Balaban J connectivity index is 2.33. The highest BCUT2D eigenvalue weighted by Gasteiger charge is 2.45. The van der Waals surface area contributed by atoms with E-state index in [1.807, 2.05) is 0 Å². The maximum absolute atomic E-state index is 13.0. The van der Waals surface area contributed by atoms with E-state index in [1.165, 1.54) is 4.90 Å². The highest BCUT2D eigenvalue weighted by atomic mass is 19.4. The third-order valence-electron chi connectivity index (χ3n) is 3.15. The van der Waals surface area contributed by atoms with Crippen molar-refractivity contribution in [2.75, 3.05) is 6.54 Å². The molecule has 1 amide bonds. The molecule has 0 fully saturated rings. The molecule has 1 aliphatic rings. The first kappa shape index (κ1) is 16.6. The van der Waals surface area contributed by atoms with Crippen LogP contribution in [0.4, 0.5) is 18.0 Å². The standard InChI is InChI=1S/C13H19F3N4O2/c1-11(2,3)22-10(21)19-6-8-17-18-9(13(14,15)16)20(8)12(4,5)7-19/h6-7H2,1-5H3. The van der Waals surface area contributed by atoms with E-state index >= 15 is 0 Å². The topological polar surface area (TPSA) is 60.2 Å². The molecule has 0 aliphatic carbocycles. The molecule has 0 unspecified atom stereocenters. The number of fused-ring (bicyclic) bond motifs is 1. The van der Waals surface area contributed by atoms with Crippen LogP contribution in [-0.4, -0.2) is 37.9 Å². The normalized spacial score (nSPS) is 18.1. The lowest BCUT2D eigenvalue weighted by Crippen LogP contribution is -2.51. The van der Waals surface area contributed by atoms with Crippen molar-refractivity contribution in [2.24, 2.45) is 0 Å². The molecular formula is C13H19F3N4O2.